The van der Waals surface area contributed by atoms with Crippen molar-refractivity contribution in [2.75, 3.05) is 19.7 Å². The van der Waals surface area contributed by atoms with Crippen molar-refractivity contribution in [3.8, 4) is 0 Å². The molecule has 96 valence electrons. The lowest BCUT2D eigenvalue weighted by molar-refractivity contribution is -0.914. The fraction of sp³-hybridized carbons (Fsp3) is 0.375. The molecular weight excluding hydrogens is 222 g/mol. The molecule has 1 unspecified atom stereocenters. The van der Waals surface area contributed by atoms with Crippen molar-refractivity contribution in [1.82, 2.24) is 0 Å². The van der Waals surface area contributed by atoms with Gasteiger partial charge >= 0.3 is 0 Å². The van der Waals surface area contributed by atoms with Crippen LogP contribution in [0.25, 0.3) is 10.8 Å². The van der Waals surface area contributed by atoms with Gasteiger partial charge in [-0.3, -0.25) is 0 Å². The molecule has 1 atom stereocenters. The Labute approximate surface area is 109 Å². The second-order valence-corrected chi connectivity index (χ2v) is 4.79. The highest BCUT2D eigenvalue weighted by Crippen LogP contribution is 2.17. The fourth-order valence-corrected chi connectivity index (χ4v) is 2.53. The Balaban J connectivity index is 2.24. The quantitative estimate of drug-likeness (QED) is 0.793. The second-order valence-electron chi connectivity index (χ2n) is 4.79. The van der Waals surface area contributed by atoms with Crippen molar-refractivity contribution in [2.45, 2.75) is 19.9 Å². The molecule has 0 bridgehead atoms. The predicted octanol–water partition coefficient (Wildman–Crippen LogP) is 1.63. The standard InChI is InChI=1S/C16H21NO/c1-2-10-17(11-12-18)13-15-8-5-7-14-6-3-4-9-16(14)15/h3-9,18H,2,10-13H2,1H3/p+1. The van der Waals surface area contributed by atoms with Crippen LogP contribution in [0.4, 0.5) is 0 Å². The molecule has 0 saturated carbocycles. The lowest BCUT2D eigenvalue weighted by Crippen LogP contribution is -3.11. The number of hydrogen-bond acceptors (Lipinski definition) is 1. The number of benzene rings is 2. The van der Waals surface area contributed by atoms with Gasteiger partial charge in [0.25, 0.3) is 0 Å². The number of hydrogen-bond donors (Lipinski definition) is 2. The smallest absolute Gasteiger partial charge is 0.103 e. The van der Waals surface area contributed by atoms with Gasteiger partial charge in [-0.25, -0.2) is 0 Å². The maximum atomic E-state index is 9.13. The molecular formula is C16H22NO+. The molecule has 0 amide bonds. The van der Waals surface area contributed by atoms with E-state index >= 15 is 0 Å². The molecule has 0 fully saturated rings. The van der Waals surface area contributed by atoms with Crippen molar-refractivity contribution in [2.24, 2.45) is 0 Å². The van der Waals surface area contributed by atoms with E-state index < -0.39 is 0 Å². The Morgan fingerprint density at radius 3 is 2.56 bits per heavy atom. The third-order valence-corrected chi connectivity index (χ3v) is 3.39. The van der Waals surface area contributed by atoms with E-state index in [9.17, 15) is 0 Å². The zero-order valence-corrected chi connectivity index (χ0v) is 11.0. The Morgan fingerprint density at radius 2 is 1.78 bits per heavy atom. The van der Waals surface area contributed by atoms with Crippen molar-refractivity contribution in [3.63, 3.8) is 0 Å². The van der Waals surface area contributed by atoms with Gasteiger partial charge < -0.3 is 10.0 Å². The molecule has 0 spiro atoms. The zero-order chi connectivity index (χ0) is 12.8. The number of rotatable bonds is 6. The van der Waals surface area contributed by atoms with Crippen LogP contribution in [0.3, 0.4) is 0 Å². The van der Waals surface area contributed by atoms with E-state index in [1.807, 2.05) is 0 Å². The Kier molecular flexibility index (Phi) is 4.73. The van der Waals surface area contributed by atoms with Gasteiger partial charge in [0.2, 0.25) is 0 Å². The van der Waals surface area contributed by atoms with Gasteiger partial charge in [0, 0.05) is 5.56 Å². The molecule has 0 heterocycles. The largest absolute Gasteiger partial charge is 0.391 e. The summed E-state index contributed by atoms with van der Waals surface area (Å²) in [6.07, 6.45) is 1.15. The van der Waals surface area contributed by atoms with Crippen LogP contribution in [-0.4, -0.2) is 24.8 Å². The molecule has 0 aromatic heterocycles. The van der Waals surface area contributed by atoms with Gasteiger partial charge in [-0.2, -0.15) is 0 Å². The molecule has 2 aromatic carbocycles. The SMILES string of the molecule is CCC[NH+](CCO)Cc1cccc2ccccc12. The van der Waals surface area contributed by atoms with Crippen molar-refractivity contribution in [1.29, 1.82) is 0 Å². The number of aliphatic hydroxyl groups is 1. The van der Waals surface area contributed by atoms with E-state index in [0.717, 1.165) is 26.1 Å². The minimum Gasteiger partial charge on any atom is -0.391 e. The van der Waals surface area contributed by atoms with Gasteiger partial charge in [0.15, 0.2) is 0 Å². The number of nitrogens with one attached hydrogen (secondary N) is 1. The van der Waals surface area contributed by atoms with Crippen molar-refractivity contribution < 1.29 is 10.0 Å². The van der Waals surface area contributed by atoms with E-state index in [1.54, 1.807) is 0 Å². The molecule has 0 aliphatic carbocycles. The summed E-state index contributed by atoms with van der Waals surface area (Å²) in [6.45, 7) is 5.40. The van der Waals surface area contributed by atoms with E-state index in [4.69, 9.17) is 5.11 Å². The molecule has 0 aliphatic rings. The molecule has 0 radical (unpaired) electrons. The second kappa shape index (κ2) is 6.53. The Morgan fingerprint density at radius 1 is 1.00 bits per heavy atom. The molecule has 2 aromatic rings. The van der Waals surface area contributed by atoms with E-state index in [2.05, 4.69) is 49.4 Å². The van der Waals surface area contributed by atoms with Crippen LogP contribution in [0.15, 0.2) is 42.5 Å². The minimum atomic E-state index is 0.264. The number of fused-ring (bicyclic) bond motifs is 1. The summed E-state index contributed by atoms with van der Waals surface area (Å²) in [4.78, 5) is 1.45. The first-order valence-electron chi connectivity index (χ1n) is 6.76. The van der Waals surface area contributed by atoms with Crippen LogP contribution in [0.1, 0.15) is 18.9 Å². The van der Waals surface area contributed by atoms with Gasteiger partial charge in [-0.05, 0) is 17.2 Å². The maximum Gasteiger partial charge on any atom is 0.103 e. The summed E-state index contributed by atoms with van der Waals surface area (Å²) in [7, 11) is 0. The fourth-order valence-electron chi connectivity index (χ4n) is 2.53. The van der Waals surface area contributed by atoms with E-state index in [-0.39, 0.29) is 6.61 Å². The predicted molar refractivity (Wildman–Crippen MR) is 75.7 cm³/mol. The first-order valence-corrected chi connectivity index (χ1v) is 6.76. The zero-order valence-electron chi connectivity index (χ0n) is 11.0. The minimum absolute atomic E-state index is 0.264. The summed E-state index contributed by atoms with van der Waals surface area (Å²) < 4.78 is 0. The van der Waals surface area contributed by atoms with Crippen LogP contribution in [-0.2, 0) is 6.54 Å². The molecule has 0 aliphatic heterocycles. The summed E-state index contributed by atoms with van der Waals surface area (Å²) in [5, 5.41) is 11.8. The van der Waals surface area contributed by atoms with E-state index in [1.165, 1.54) is 21.2 Å². The van der Waals surface area contributed by atoms with Crippen LogP contribution in [0, 0.1) is 0 Å². The average molecular weight is 244 g/mol. The molecule has 2 heteroatoms. The molecule has 2 nitrogen and oxygen atoms in total. The summed E-state index contributed by atoms with van der Waals surface area (Å²) in [5.41, 5.74) is 1.38. The highest BCUT2D eigenvalue weighted by molar-refractivity contribution is 5.85. The third kappa shape index (κ3) is 3.09. The van der Waals surface area contributed by atoms with Gasteiger partial charge in [0.1, 0.15) is 13.1 Å². The van der Waals surface area contributed by atoms with Gasteiger partial charge in [0.05, 0.1) is 13.2 Å². The van der Waals surface area contributed by atoms with Gasteiger partial charge in [-0.15, -0.1) is 0 Å². The molecule has 18 heavy (non-hydrogen) atoms. The lowest BCUT2D eigenvalue weighted by Gasteiger charge is -2.18. The molecule has 2 N–H and O–H groups in total. The normalized spacial score (nSPS) is 12.8. The van der Waals surface area contributed by atoms with E-state index in [0.29, 0.717) is 0 Å². The monoisotopic (exact) mass is 244 g/mol. The first kappa shape index (κ1) is 13.1. The summed E-state index contributed by atoms with van der Waals surface area (Å²) >= 11 is 0. The molecule has 2 rings (SSSR count). The first-order chi connectivity index (χ1) is 8.85. The van der Waals surface area contributed by atoms with Crippen LogP contribution >= 0.6 is 0 Å². The highest BCUT2D eigenvalue weighted by Gasteiger charge is 2.09. The molecule has 0 saturated heterocycles. The lowest BCUT2D eigenvalue weighted by atomic mass is 10.0. The number of aliphatic hydroxyl groups excluding tert-OH is 1. The number of quaternary nitrogens is 1. The topological polar surface area (TPSA) is 24.7 Å². The maximum absolute atomic E-state index is 9.13. The van der Waals surface area contributed by atoms with Crippen LogP contribution < -0.4 is 4.90 Å². The Hall–Kier alpha value is -1.38. The van der Waals surface area contributed by atoms with Gasteiger partial charge in [-0.1, -0.05) is 49.4 Å². The highest BCUT2D eigenvalue weighted by atomic mass is 16.3. The van der Waals surface area contributed by atoms with Crippen molar-refractivity contribution >= 4 is 10.8 Å². The third-order valence-electron chi connectivity index (χ3n) is 3.39. The van der Waals surface area contributed by atoms with Crippen LogP contribution in [0.5, 0.6) is 0 Å². The average Bonchev–Trinajstić information content (AvgIpc) is 2.40. The summed E-state index contributed by atoms with van der Waals surface area (Å²) in [5.74, 6) is 0. The van der Waals surface area contributed by atoms with Crippen molar-refractivity contribution in [3.05, 3.63) is 48.0 Å². The Bertz CT molecular complexity index is 484. The summed E-state index contributed by atoms with van der Waals surface area (Å²) in [6, 6.07) is 15.0. The van der Waals surface area contributed by atoms with Crippen LogP contribution in [0.2, 0.25) is 0 Å².